The summed E-state index contributed by atoms with van der Waals surface area (Å²) in [6.45, 7) is 3.81. The molecule has 27 heavy (non-hydrogen) atoms. The highest BCUT2D eigenvalue weighted by molar-refractivity contribution is 5.92. The molecule has 0 unspecified atom stereocenters. The second kappa shape index (κ2) is 8.41. The molecule has 3 aromatic rings. The number of carbonyl (C=O) groups is 1. The molecule has 0 heterocycles. The highest BCUT2D eigenvalue weighted by atomic mass is 16.5. The SMILES string of the molecule is Cc1cccc(C)c1OCC(=O)Nc1ccc(Cc2ccccc2)c(O)c1. The third kappa shape index (κ3) is 4.88. The Morgan fingerprint density at radius 3 is 2.33 bits per heavy atom. The third-order valence-corrected chi connectivity index (χ3v) is 4.36. The number of hydrogen-bond donors (Lipinski definition) is 2. The molecular weight excluding hydrogens is 338 g/mol. The molecule has 1 amide bonds. The molecule has 4 heteroatoms. The van der Waals surface area contributed by atoms with Crippen LogP contribution in [0.2, 0.25) is 0 Å². The van der Waals surface area contributed by atoms with Crippen LogP contribution in [0.4, 0.5) is 5.69 Å². The zero-order valence-electron chi connectivity index (χ0n) is 15.5. The Hall–Kier alpha value is -3.27. The molecule has 0 atom stereocenters. The van der Waals surface area contributed by atoms with E-state index in [0.29, 0.717) is 12.1 Å². The van der Waals surface area contributed by atoms with Crippen molar-refractivity contribution in [2.24, 2.45) is 0 Å². The van der Waals surface area contributed by atoms with Crippen LogP contribution in [0, 0.1) is 13.8 Å². The van der Waals surface area contributed by atoms with Gasteiger partial charge < -0.3 is 15.2 Å². The van der Waals surface area contributed by atoms with Gasteiger partial charge in [0.2, 0.25) is 0 Å². The Labute approximate surface area is 159 Å². The quantitative estimate of drug-likeness (QED) is 0.674. The summed E-state index contributed by atoms with van der Waals surface area (Å²) in [5.74, 6) is 0.619. The molecule has 0 saturated carbocycles. The number of hydrogen-bond acceptors (Lipinski definition) is 3. The van der Waals surface area contributed by atoms with Crippen LogP contribution in [0.1, 0.15) is 22.3 Å². The number of carbonyl (C=O) groups excluding carboxylic acids is 1. The summed E-state index contributed by atoms with van der Waals surface area (Å²) in [5.41, 5.74) is 4.45. The minimum absolute atomic E-state index is 0.0851. The van der Waals surface area contributed by atoms with Gasteiger partial charge in [-0.05, 0) is 42.2 Å². The Bertz CT molecular complexity index is 915. The van der Waals surface area contributed by atoms with Gasteiger partial charge in [-0.25, -0.2) is 0 Å². The average molecular weight is 361 g/mol. The number of ether oxygens (including phenoxy) is 1. The molecule has 0 aliphatic rings. The smallest absolute Gasteiger partial charge is 0.262 e. The number of phenols is 1. The van der Waals surface area contributed by atoms with E-state index in [0.717, 1.165) is 28.0 Å². The molecule has 3 aromatic carbocycles. The average Bonchev–Trinajstić information content (AvgIpc) is 2.64. The first kappa shape index (κ1) is 18.5. The summed E-state index contributed by atoms with van der Waals surface area (Å²) >= 11 is 0. The fraction of sp³-hybridized carbons (Fsp3) is 0.174. The number of nitrogens with one attached hydrogen (secondary N) is 1. The van der Waals surface area contributed by atoms with E-state index in [9.17, 15) is 9.90 Å². The lowest BCUT2D eigenvalue weighted by molar-refractivity contribution is -0.118. The number of anilines is 1. The molecule has 0 fully saturated rings. The third-order valence-electron chi connectivity index (χ3n) is 4.36. The van der Waals surface area contributed by atoms with Gasteiger partial charge in [-0.1, -0.05) is 54.6 Å². The number of benzene rings is 3. The maximum atomic E-state index is 12.2. The Morgan fingerprint density at radius 2 is 1.67 bits per heavy atom. The van der Waals surface area contributed by atoms with Gasteiger partial charge in [0.25, 0.3) is 5.91 Å². The molecular formula is C23H23NO3. The van der Waals surface area contributed by atoms with E-state index in [-0.39, 0.29) is 18.3 Å². The number of phenolic OH excluding ortho intramolecular Hbond substituents is 1. The molecule has 4 nitrogen and oxygen atoms in total. The van der Waals surface area contributed by atoms with Gasteiger partial charge >= 0.3 is 0 Å². The van der Waals surface area contributed by atoms with E-state index in [1.807, 2.05) is 68.4 Å². The second-order valence-electron chi connectivity index (χ2n) is 6.56. The number of amides is 1. The van der Waals surface area contributed by atoms with Crippen molar-refractivity contribution >= 4 is 11.6 Å². The van der Waals surface area contributed by atoms with Crippen molar-refractivity contribution in [1.29, 1.82) is 0 Å². The zero-order chi connectivity index (χ0) is 19.2. The second-order valence-corrected chi connectivity index (χ2v) is 6.56. The molecule has 0 radical (unpaired) electrons. The molecule has 138 valence electrons. The molecule has 3 rings (SSSR count). The Morgan fingerprint density at radius 1 is 0.963 bits per heavy atom. The van der Waals surface area contributed by atoms with Crippen molar-refractivity contribution < 1.29 is 14.6 Å². The molecule has 0 bridgehead atoms. The van der Waals surface area contributed by atoms with Crippen molar-refractivity contribution in [3.8, 4) is 11.5 Å². The van der Waals surface area contributed by atoms with Crippen molar-refractivity contribution in [1.82, 2.24) is 0 Å². The van der Waals surface area contributed by atoms with Gasteiger partial charge in [-0.2, -0.15) is 0 Å². The summed E-state index contributed by atoms with van der Waals surface area (Å²) in [5, 5.41) is 13.0. The monoisotopic (exact) mass is 361 g/mol. The molecule has 0 aromatic heterocycles. The van der Waals surface area contributed by atoms with E-state index in [1.165, 1.54) is 0 Å². The van der Waals surface area contributed by atoms with Crippen LogP contribution in [0.25, 0.3) is 0 Å². The number of aryl methyl sites for hydroxylation is 2. The summed E-state index contributed by atoms with van der Waals surface area (Å²) in [4.78, 5) is 12.2. The van der Waals surface area contributed by atoms with Crippen LogP contribution in [0.3, 0.4) is 0 Å². The summed E-state index contributed by atoms with van der Waals surface area (Å²) in [6, 6.07) is 21.0. The zero-order valence-corrected chi connectivity index (χ0v) is 15.5. The van der Waals surface area contributed by atoms with E-state index in [4.69, 9.17) is 4.74 Å². The topological polar surface area (TPSA) is 58.6 Å². The standard InChI is InChI=1S/C23H23NO3/c1-16-7-6-8-17(2)23(16)27-15-22(26)24-20-12-11-19(21(25)14-20)13-18-9-4-3-5-10-18/h3-12,14,25H,13,15H2,1-2H3,(H,24,26). The van der Waals surface area contributed by atoms with Crippen molar-refractivity contribution in [3.05, 3.63) is 89.0 Å². The normalized spacial score (nSPS) is 10.4. The van der Waals surface area contributed by atoms with E-state index in [1.54, 1.807) is 12.1 Å². The van der Waals surface area contributed by atoms with Gasteiger partial charge in [-0.3, -0.25) is 4.79 Å². The van der Waals surface area contributed by atoms with E-state index in [2.05, 4.69) is 5.32 Å². The van der Waals surface area contributed by atoms with Gasteiger partial charge in [0.1, 0.15) is 11.5 Å². The minimum Gasteiger partial charge on any atom is -0.508 e. The van der Waals surface area contributed by atoms with Crippen LogP contribution >= 0.6 is 0 Å². The van der Waals surface area contributed by atoms with Crippen LogP contribution in [0.5, 0.6) is 11.5 Å². The summed E-state index contributed by atoms with van der Waals surface area (Å²) in [7, 11) is 0. The van der Waals surface area contributed by atoms with Crippen LogP contribution < -0.4 is 10.1 Å². The van der Waals surface area contributed by atoms with Crippen LogP contribution in [0.15, 0.2) is 66.7 Å². The van der Waals surface area contributed by atoms with Crippen LogP contribution in [-0.4, -0.2) is 17.6 Å². The van der Waals surface area contributed by atoms with Gasteiger partial charge in [0.05, 0.1) is 0 Å². The highest BCUT2D eigenvalue weighted by Gasteiger charge is 2.09. The minimum atomic E-state index is -0.270. The molecule has 0 spiro atoms. The fourth-order valence-corrected chi connectivity index (χ4v) is 2.97. The summed E-state index contributed by atoms with van der Waals surface area (Å²) < 4.78 is 5.66. The number of para-hydroxylation sites is 1. The predicted octanol–water partition coefficient (Wildman–Crippen LogP) is 4.62. The van der Waals surface area contributed by atoms with Gasteiger partial charge in [-0.15, -0.1) is 0 Å². The maximum absolute atomic E-state index is 12.2. The maximum Gasteiger partial charge on any atom is 0.262 e. The number of rotatable bonds is 6. The van der Waals surface area contributed by atoms with Gasteiger partial charge in [0.15, 0.2) is 6.61 Å². The van der Waals surface area contributed by atoms with Crippen LogP contribution in [-0.2, 0) is 11.2 Å². The van der Waals surface area contributed by atoms with Gasteiger partial charge in [0, 0.05) is 18.2 Å². The molecule has 2 N–H and O–H groups in total. The first-order valence-corrected chi connectivity index (χ1v) is 8.87. The lowest BCUT2D eigenvalue weighted by Gasteiger charge is -2.12. The lowest BCUT2D eigenvalue weighted by atomic mass is 10.0. The summed E-state index contributed by atoms with van der Waals surface area (Å²) in [6.07, 6.45) is 0.635. The van der Waals surface area contributed by atoms with E-state index >= 15 is 0 Å². The van der Waals surface area contributed by atoms with Crippen molar-refractivity contribution in [3.63, 3.8) is 0 Å². The Kier molecular flexibility index (Phi) is 5.77. The molecule has 0 aliphatic heterocycles. The van der Waals surface area contributed by atoms with E-state index < -0.39 is 0 Å². The number of aromatic hydroxyl groups is 1. The fourth-order valence-electron chi connectivity index (χ4n) is 2.97. The first-order valence-electron chi connectivity index (χ1n) is 8.87. The lowest BCUT2D eigenvalue weighted by Crippen LogP contribution is -2.20. The highest BCUT2D eigenvalue weighted by Crippen LogP contribution is 2.25. The van der Waals surface area contributed by atoms with Crippen molar-refractivity contribution in [2.75, 3.05) is 11.9 Å². The molecule has 0 aliphatic carbocycles. The Balaban J connectivity index is 1.60. The first-order chi connectivity index (χ1) is 13.0. The van der Waals surface area contributed by atoms with Crippen molar-refractivity contribution in [2.45, 2.75) is 20.3 Å². The predicted molar refractivity (Wildman–Crippen MR) is 107 cm³/mol. The largest absolute Gasteiger partial charge is 0.508 e. The molecule has 0 saturated heterocycles.